The van der Waals surface area contributed by atoms with Gasteiger partial charge in [0.15, 0.2) is 0 Å². The first-order valence-electron chi connectivity index (χ1n) is 10.7. The second kappa shape index (κ2) is 20.7. The molecule has 8 heteroatoms. The number of rotatable bonds is 9. The molecule has 2 aromatic rings. The van der Waals surface area contributed by atoms with E-state index in [9.17, 15) is 9.59 Å². The van der Waals surface area contributed by atoms with E-state index in [1.165, 1.54) is 41.0 Å². The zero-order valence-electron chi connectivity index (χ0n) is 21.5. The van der Waals surface area contributed by atoms with E-state index < -0.39 is 5.97 Å². The summed E-state index contributed by atoms with van der Waals surface area (Å²) in [7, 11) is 8.30. The van der Waals surface area contributed by atoms with E-state index in [2.05, 4.69) is 0 Å². The van der Waals surface area contributed by atoms with Crippen LogP contribution in [0.2, 0.25) is 0 Å². The molecule has 2 aromatic carbocycles. The van der Waals surface area contributed by atoms with Crippen LogP contribution in [0.3, 0.4) is 0 Å². The van der Waals surface area contributed by atoms with Crippen molar-refractivity contribution < 1.29 is 38.4 Å². The molecule has 1 N–H and O–H groups in total. The lowest BCUT2D eigenvalue weighted by Gasteiger charge is -2.10. The van der Waals surface area contributed by atoms with Gasteiger partial charge >= 0.3 is 11.9 Å². The molecule has 0 unspecified atom stereocenters. The molecule has 0 aromatic heterocycles. The van der Waals surface area contributed by atoms with Gasteiger partial charge in [0.1, 0.15) is 11.1 Å². The van der Waals surface area contributed by atoms with Crippen molar-refractivity contribution in [1.29, 1.82) is 0 Å². The summed E-state index contributed by atoms with van der Waals surface area (Å²) >= 11 is 0. The highest BCUT2D eigenvalue weighted by atomic mass is 16.5. The lowest BCUT2D eigenvalue weighted by Crippen LogP contribution is -2.07. The maximum absolute atomic E-state index is 11.6. The highest BCUT2D eigenvalue weighted by Crippen LogP contribution is 2.22. The number of esters is 2. The van der Waals surface area contributed by atoms with E-state index in [0.717, 1.165) is 35.8 Å². The number of hydrogen-bond donors (Lipinski definition) is 1. The summed E-state index contributed by atoms with van der Waals surface area (Å²) < 4.78 is 24.4. The van der Waals surface area contributed by atoms with Crippen LogP contribution in [0.4, 0.5) is 0 Å². The average molecular weight is 505 g/mol. The third-order valence-electron chi connectivity index (χ3n) is 4.58. The van der Waals surface area contributed by atoms with Crippen LogP contribution in [0.25, 0.3) is 11.1 Å². The maximum atomic E-state index is 11.6. The van der Waals surface area contributed by atoms with Gasteiger partial charge in [-0.25, -0.2) is 9.59 Å². The van der Waals surface area contributed by atoms with E-state index in [1.54, 1.807) is 7.11 Å². The Bertz CT molecular complexity index is 964. The Morgan fingerprint density at radius 3 is 1.47 bits per heavy atom. The van der Waals surface area contributed by atoms with E-state index in [0.29, 0.717) is 17.8 Å². The van der Waals surface area contributed by atoms with Crippen molar-refractivity contribution in [2.45, 2.75) is 27.4 Å². The fourth-order valence-electron chi connectivity index (χ4n) is 3.05. The highest BCUT2D eigenvalue weighted by Gasteiger charge is 2.16. The molecule has 8 nitrogen and oxygen atoms in total. The quantitative estimate of drug-likeness (QED) is 0.299. The first-order chi connectivity index (χ1) is 17.0. The van der Waals surface area contributed by atoms with Crippen LogP contribution in [-0.2, 0) is 46.3 Å². The smallest absolute Gasteiger partial charge is 0.341 e. The zero-order chi connectivity index (χ0) is 26.6. The average Bonchev–Trinajstić information content (AvgIpc) is 2.91. The van der Waals surface area contributed by atoms with Gasteiger partial charge in [-0.05, 0) is 28.7 Å². The molecule has 0 heterocycles. The molecule has 0 fully saturated rings. The maximum Gasteiger partial charge on any atom is 0.341 e. The largest absolute Gasteiger partial charge is 0.503 e. The minimum absolute atomic E-state index is 0. The lowest BCUT2D eigenvalue weighted by molar-refractivity contribution is -0.134. The molecule has 0 aliphatic carbocycles. The lowest BCUT2D eigenvalue weighted by atomic mass is 9.99. The van der Waals surface area contributed by atoms with Crippen molar-refractivity contribution >= 4 is 23.1 Å². The van der Waals surface area contributed by atoms with Gasteiger partial charge in [0, 0.05) is 14.2 Å². The van der Waals surface area contributed by atoms with Crippen LogP contribution in [0.1, 0.15) is 36.6 Å². The molecule has 0 spiro atoms. The summed E-state index contributed by atoms with van der Waals surface area (Å²) in [6.07, 6.45) is 3.65. The number of methoxy groups -OCH3 is 5. The third-order valence-corrected chi connectivity index (χ3v) is 4.58. The highest BCUT2D eigenvalue weighted by molar-refractivity contribution is 6.17. The minimum Gasteiger partial charge on any atom is -0.503 e. The Morgan fingerprint density at radius 1 is 0.722 bits per heavy atom. The van der Waals surface area contributed by atoms with Crippen molar-refractivity contribution in [3.63, 3.8) is 0 Å². The number of aliphatic hydroxyl groups excluding tert-OH is 1. The van der Waals surface area contributed by atoms with Gasteiger partial charge in [0.2, 0.25) is 0 Å². The molecular weight excluding hydrogens is 464 g/mol. The fourth-order valence-corrected chi connectivity index (χ4v) is 3.05. The van der Waals surface area contributed by atoms with E-state index in [1.807, 2.05) is 55.5 Å². The van der Waals surface area contributed by atoms with E-state index in [4.69, 9.17) is 28.8 Å². The van der Waals surface area contributed by atoms with Gasteiger partial charge in [-0.2, -0.15) is 0 Å². The summed E-state index contributed by atoms with van der Waals surface area (Å²) in [4.78, 5) is 23.2. The molecular formula is C28H40O8. The van der Waals surface area contributed by atoms with Crippen LogP contribution in [-0.4, -0.2) is 59.7 Å². The van der Waals surface area contributed by atoms with E-state index in [-0.39, 0.29) is 13.4 Å². The minimum atomic E-state index is -0.435. The second-order valence-electron chi connectivity index (χ2n) is 6.62. The molecule has 36 heavy (non-hydrogen) atoms. The normalized spacial score (nSPS) is 10.3. The molecule has 0 saturated carbocycles. The Kier molecular flexibility index (Phi) is 19.9. The van der Waals surface area contributed by atoms with Crippen LogP contribution < -0.4 is 0 Å². The van der Waals surface area contributed by atoms with Gasteiger partial charge in [-0.15, -0.1) is 0 Å². The van der Waals surface area contributed by atoms with Crippen molar-refractivity contribution in [3.05, 3.63) is 83.3 Å². The van der Waals surface area contributed by atoms with Crippen molar-refractivity contribution in [2.75, 3.05) is 42.7 Å². The molecule has 0 saturated heterocycles. The molecule has 0 aliphatic rings. The molecule has 200 valence electrons. The topological polar surface area (TPSA) is 101 Å². The van der Waals surface area contributed by atoms with Gasteiger partial charge in [0.25, 0.3) is 0 Å². The number of aliphatic hydroxyl groups is 1. The molecule has 0 aliphatic heterocycles. The summed E-state index contributed by atoms with van der Waals surface area (Å²) in [5.74, 6) is -0.821. The van der Waals surface area contributed by atoms with Crippen molar-refractivity contribution in [1.82, 2.24) is 0 Å². The Balaban J connectivity index is 0. The number of carbonyl (C=O) groups is 2. The standard InChI is InChI=1S/C13H16O4.C13H16O3.CH4O.CH4/c1-15-8-10-6-4-5-7-11(10)12(9-16-2)13(14)17-3;1-4-10-7-5-6-8-11(10)12(9-15-2)13(14)16-3;1-2;/h4-7,9H,8H2,1-3H3;5-9H,4H2,1-3H3;2H,1H3;1H4/b2*12-9+;;. The summed E-state index contributed by atoms with van der Waals surface area (Å²) in [5, 5.41) is 7.00. The Morgan fingerprint density at radius 2 is 1.11 bits per heavy atom. The second-order valence-corrected chi connectivity index (χ2v) is 6.62. The monoisotopic (exact) mass is 504 g/mol. The molecule has 0 bridgehead atoms. The number of carbonyl (C=O) groups excluding carboxylic acids is 2. The Hall–Kier alpha value is -3.62. The number of hydrogen-bond acceptors (Lipinski definition) is 8. The van der Waals surface area contributed by atoms with Crippen LogP contribution in [0.5, 0.6) is 0 Å². The van der Waals surface area contributed by atoms with Crippen LogP contribution >= 0.6 is 0 Å². The first-order valence-corrected chi connectivity index (χ1v) is 10.7. The molecule has 2 rings (SSSR count). The summed E-state index contributed by atoms with van der Waals surface area (Å²) in [6.45, 7) is 2.47. The number of ether oxygens (including phenoxy) is 5. The molecule has 0 atom stereocenters. The van der Waals surface area contributed by atoms with E-state index >= 15 is 0 Å². The fraction of sp³-hybridized carbons (Fsp3) is 0.357. The SMILES string of the molecule is C.CCc1ccccc1/C(=C\OC)C(=O)OC.CO.CO/C=C(/C(=O)OC)c1ccccc1COC. The summed E-state index contributed by atoms with van der Waals surface area (Å²) in [6, 6.07) is 15.2. The predicted octanol–water partition coefficient (Wildman–Crippen LogP) is 4.65. The zero-order valence-corrected chi connectivity index (χ0v) is 21.5. The Labute approximate surface area is 215 Å². The molecule has 0 amide bonds. The van der Waals surface area contributed by atoms with Crippen LogP contribution in [0, 0.1) is 0 Å². The number of benzene rings is 2. The third kappa shape index (κ3) is 10.8. The predicted molar refractivity (Wildman–Crippen MR) is 142 cm³/mol. The molecule has 0 radical (unpaired) electrons. The first kappa shape index (κ1) is 34.5. The van der Waals surface area contributed by atoms with Crippen molar-refractivity contribution in [2.24, 2.45) is 0 Å². The summed E-state index contributed by atoms with van der Waals surface area (Å²) in [5.41, 5.74) is 4.44. The van der Waals surface area contributed by atoms with Gasteiger partial charge in [-0.3, -0.25) is 0 Å². The van der Waals surface area contributed by atoms with Crippen molar-refractivity contribution in [3.8, 4) is 0 Å². The van der Waals surface area contributed by atoms with Crippen LogP contribution in [0.15, 0.2) is 61.1 Å². The van der Waals surface area contributed by atoms with Gasteiger partial charge in [0.05, 0.1) is 47.6 Å². The number of aryl methyl sites for hydroxylation is 1. The van der Waals surface area contributed by atoms with Gasteiger partial charge < -0.3 is 28.8 Å². The van der Waals surface area contributed by atoms with Gasteiger partial charge in [-0.1, -0.05) is 62.9 Å².